The van der Waals surface area contributed by atoms with E-state index in [0.29, 0.717) is 0 Å². The first-order valence-electron chi connectivity index (χ1n) is 5.36. The molecule has 0 spiro atoms. The quantitative estimate of drug-likeness (QED) is 0.817. The van der Waals surface area contributed by atoms with Crippen LogP contribution in [0.1, 0.15) is 18.2 Å². The smallest absolute Gasteiger partial charge is 0.0328 e. The molecule has 2 heterocycles. The second-order valence-corrected chi connectivity index (χ2v) is 4.89. The number of rotatable bonds is 4. The predicted octanol–water partition coefficient (Wildman–Crippen LogP) is 1.93. The van der Waals surface area contributed by atoms with Crippen molar-refractivity contribution in [3.63, 3.8) is 0 Å². The molecule has 1 saturated heterocycles. The summed E-state index contributed by atoms with van der Waals surface area (Å²) in [7, 11) is 0. The fourth-order valence-corrected chi connectivity index (χ4v) is 2.80. The summed E-state index contributed by atoms with van der Waals surface area (Å²) in [5, 5.41) is 5.68. The Kier molecular flexibility index (Phi) is 3.56. The third-order valence-electron chi connectivity index (χ3n) is 2.72. The molecular formula is C11H18N2S. The highest BCUT2D eigenvalue weighted by molar-refractivity contribution is 7.09. The van der Waals surface area contributed by atoms with Gasteiger partial charge in [-0.25, -0.2) is 0 Å². The molecule has 2 rings (SSSR count). The van der Waals surface area contributed by atoms with E-state index in [1.807, 2.05) is 11.3 Å². The summed E-state index contributed by atoms with van der Waals surface area (Å²) >= 11 is 1.86. The number of likely N-dealkylation sites (tertiary alicyclic amines) is 1. The highest BCUT2D eigenvalue weighted by Gasteiger charge is 2.21. The Labute approximate surface area is 89.9 Å². The molecule has 1 atom stereocenters. The van der Waals surface area contributed by atoms with Crippen molar-refractivity contribution in [2.24, 2.45) is 0 Å². The number of nitrogens with zero attached hydrogens (tertiary/aromatic N) is 1. The molecule has 0 bridgehead atoms. The Bertz CT molecular complexity index is 258. The Morgan fingerprint density at radius 3 is 3.29 bits per heavy atom. The van der Waals surface area contributed by atoms with Crippen LogP contribution in [-0.4, -0.2) is 30.6 Å². The standard InChI is InChI=1S/C11H18N2S/c1-2-12-10-5-6-13(8-10)9-11-4-3-7-14-11/h3-4,7,10,12H,2,5-6,8-9H2,1H3. The highest BCUT2D eigenvalue weighted by Crippen LogP contribution is 2.16. The Hall–Kier alpha value is -0.380. The number of hydrogen-bond donors (Lipinski definition) is 1. The first kappa shape index (κ1) is 10.1. The first-order valence-corrected chi connectivity index (χ1v) is 6.24. The summed E-state index contributed by atoms with van der Waals surface area (Å²) in [5.74, 6) is 0. The monoisotopic (exact) mass is 210 g/mol. The average Bonchev–Trinajstić information content (AvgIpc) is 2.79. The van der Waals surface area contributed by atoms with Crippen molar-refractivity contribution in [1.29, 1.82) is 0 Å². The molecule has 78 valence electrons. The molecule has 14 heavy (non-hydrogen) atoms. The van der Waals surface area contributed by atoms with Crippen molar-refractivity contribution in [2.45, 2.75) is 25.9 Å². The Morgan fingerprint density at radius 2 is 2.57 bits per heavy atom. The predicted molar refractivity (Wildman–Crippen MR) is 61.7 cm³/mol. The minimum Gasteiger partial charge on any atom is -0.313 e. The lowest BCUT2D eigenvalue weighted by Gasteiger charge is -2.15. The molecule has 1 aliphatic rings. The number of hydrogen-bond acceptors (Lipinski definition) is 3. The first-order chi connectivity index (χ1) is 6.88. The summed E-state index contributed by atoms with van der Waals surface area (Å²) in [4.78, 5) is 4.03. The largest absolute Gasteiger partial charge is 0.313 e. The van der Waals surface area contributed by atoms with Gasteiger partial charge < -0.3 is 5.32 Å². The maximum Gasteiger partial charge on any atom is 0.0328 e. The second kappa shape index (κ2) is 4.91. The zero-order valence-electron chi connectivity index (χ0n) is 8.70. The van der Waals surface area contributed by atoms with Crippen LogP contribution in [0.4, 0.5) is 0 Å². The van der Waals surface area contributed by atoms with Crippen LogP contribution in [0.25, 0.3) is 0 Å². The molecule has 0 radical (unpaired) electrons. The molecule has 1 aromatic rings. The SMILES string of the molecule is CCNC1CCN(Cc2cccs2)C1. The molecule has 1 aromatic heterocycles. The molecule has 1 fully saturated rings. The van der Waals surface area contributed by atoms with Crippen molar-refractivity contribution < 1.29 is 0 Å². The maximum atomic E-state index is 3.52. The highest BCUT2D eigenvalue weighted by atomic mass is 32.1. The fraction of sp³-hybridized carbons (Fsp3) is 0.636. The van der Waals surface area contributed by atoms with E-state index in [1.165, 1.54) is 24.4 Å². The van der Waals surface area contributed by atoms with Crippen molar-refractivity contribution in [2.75, 3.05) is 19.6 Å². The Balaban J connectivity index is 1.79. The lowest BCUT2D eigenvalue weighted by molar-refractivity contribution is 0.323. The van der Waals surface area contributed by atoms with Gasteiger partial charge in [-0.1, -0.05) is 13.0 Å². The van der Waals surface area contributed by atoms with Crippen molar-refractivity contribution >= 4 is 11.3 Å². The topological polar surface area (TPSA) is 15.3 Å². The number of thiophene rings is 1. The van der Waals surface area contributed by atoms with Gasteiger partial charge in [-0.05, 0) is 24.4 Å². The molecule has 0 saturated carbocycles. The van der Waals surface area contributed by atoms with E-state index >= 15 is 0 Å². The zero-order chi connectivity index (χ0) is 9.80. The van der Waals surface area contributed by atoms with E-state index in [9.17, 15) is 0 Å². The van der Waals surface area contributed by atoms with Gasteiger partial charge in [-0.3, -0.25) is 4.90 Å². The van der Waals surface area contributed by atoms with E-state index in [-0.39, 0.29) is 0 Å². The van der Waals surface area contributed by atoms with Crippen LogP contribution >= 0.6 is 11.3 Å². The van der Waals surface area contributed by atoms with Gasteiger partial charge in [0.2, 0.25) is 0 Å². The molecule has 1 N–H and O–H groups in total. The summed E-state index contributed by atoms with van der Waals surface area (Å²) in [6.45, 7) is 6.88. The molecule has 0 amide bonds. The molecule has 0 aliphatic carbocycles. The minimum absolute atomic E-state index is 0.722. The van der Waals surface area contributed by atoms with Gasteiger partial charge in [0.1, 0.15) is 0 Å². The molecule has 3 heteroatoms. The number of likely N-dealkylation sites (N-methyl/N-ethyl adjacent to an activating group) is 1. The average molecular weight is 210 g/mol. The van der Waals surface area contributed by atoms with Crippen molar-refractivity contribution in [1.82, 2.24) is 10.2 Å². The van der Waals surface area contributed by atoms with Gasteiger partial charge in [-0.15, -0.1) is 11.3 Å². The van der Waals surface area contributed by atoms with Gasteiger partial charge in [-0.2, -0.15) is 0 Å². The van der Waals surface area contributed by atoms with E-state index in [0.717, 1.165) is 19.1 Å². The van der Waals surface area contributed by atoms with Crippen molar-refractivity contribution in [3.8, 4) is 0 Å². The van der Waals surface area contributed by atoms with E-state index in [4.69, 9.17) is 0 Å². The lowest BCUT2D eigenvalue weighted by Crippen LogP contribution is -2.31. The summed E-state index contributed by atoms with van der Waals surface area (Å²) in [5.41, 5.74) is 0. The van der Waals surface area contributed by atoms with E-state index < -0.39 is 0 Å². The van der Waals surface area contributed by atoms with Gasteiger partial charge in [0.25, 0.3) is 0 Å². The summed E-state index contributed by atoms with van der Waals surface area (Å²) in [6, 6.07) is 5.09. The third-order valence-corrected chi connectivity index (χ3v) is 3.59. The van der Waals surface area contributed by atoms with Gasteiger partial charge in [0.15, 0.2) is 0 Å². The van der Waals surface area contributed by atoms with Crippen LogP contribution in [-0.2, 0) is 6.54 Å². The van der Waals surface area contributed by atoms with Crippen LogP contribution in [0.15, 0.2) is 17.5 Å². The molecule has 2 nitrogen and oxygen atoms in total. The van der Waals surface area contributed by atoms with Crippen molar-refractivity contribution in [3.05, 3.63) is 22.4 Å². The normalized spacial score (nSPS) is 23.1. The van der Waals surface area contributed by atoms with E-state index in [2.05, 4.69) is 34.7 Å². The summed E-state index contributed by atoms with van der Waals surface area (Å²) in [6.07, 6.45) is 1.30. The molecule has 1 aliphatic heterocycles. The Morgan fingerprint density at radius 1 is 1.64 bits per heavy atom. The fourth-order valence-electron chi connectivity index (χ4n) is 2.05. The third kappa shape index (κ3) is 2.56. The van der Waals surface area contributed by atoms with Gasteiger partial charge in [0, 0.05) is 30.6 Å². The lowest BCUT2D eigenvalue weighted by atomic mass is 10.3. The zero-order valence-corrected chi connectivity index (χ0v) is 9.52. The van der Waals surface area contributed by atoms with Crippen LogP contribution in [0.3, 0.4) is 0 Å². The molecular weight excluding hydrogens is 192 g/mol. The minimum atomic E-state index is 0.722. The van der Waals surface area contributed by atoms with Crippen LogP contribution in [0, 0.1) is 0 Å². The second-order valence-electron chi connectivity index (χ2n) is 3.86. The summed E-state index contributed by atoms with van der Waals surface area (Å²) < 4.78 is 0. The molecule has 0 aromatic carbocycles. The number of nitrogens with one attached hydrogen (secondary N) is 1. The van der Waals surface area contributed by atoms with Crippen LogP contribution < -0.4 is 5.32 Å². The molecule has 1 unspecified atom stereocenters. The van der Waals surface area contributed by atoms with Crippen LogP contribution in [0.2, 0.25) is 0 Å². The van der Waals surface area contributed by atoms with Crippen LogP contribution in [0.5, 0.6) is 0 Å². The maximum absolute atomic E-state index is 3.52. The van der Waals surface area contributed by atoms with Gasteiger partial charge in [0.05, 0.1) is 0 Å². The van der Waals surface area contributed by atoms with E-state index in [1.54, 1.807) is 0 Å². The van der Waals surface area contributed by atoms with Gasteiger partial charge >= 0.3 is 0 Å².